The summed E-state index contributed by atoms with van der Waals surface area (Å²) in [5, 5.41) is 11.4. The highest BCUT2D eigenvalue weighted by molar-refractivity contribution is 6.30. The van der Waals surface area contributed by atoms with Gasteiger partial charge in [-0.3, -0.25) is 0 Å². The van der Waals surface area contributed by atoms with Crippen LogP contribution < -0.4 is 5.32 Å². The quantitative estimate of drug-likeness (QED) is 0.818. The zero-order valence-corrected chi connectivity index (χ0v) is 11.6. The van der Waals surface area contributed by atoms with Crippen molar-refractivity contribution in [2.24, 2.45) is 0 Å². The molecule has 0 saturated heterocycles. The number of carboxylic acid groups (broad SMARTS) is 1. The van der Waals surface area contributed by atoms with E-state index < -0.39 is 23.8 Å². The van der Waals surface area contributed by atoms with E-state index in [1.54, 1.807) is 0 Å². The molecule has 0 saturated carbocycles. The van der Waals surface area contributed by atoms with E-state index in [-0.39, 0.29) is 17.1 Å². The molecule has 7 heteroatoms. The van der Waals surface area contributed by atoms with Crippen LogP contribution in [0.2, 0.25) is 5.02 Å². The van der Waals surface area contributed by atoms with Crippen LogP contribution in [0.15, 0.2) is 18.2 Å². The molecule has 1 atom stereocenters. The van der Waals surface area contributed by atoms with Gasteiger partial charge in [0.05, 0.1) is 5.56 Å². The molecule has 1 aromatic rings. The third kappa shape index (κ3) is 4.59. The maximum Gasteiger partial charge on any atom is 0.418 e. The monoisotopic (exact) mass is 309 g/mol. The standard InChI is InChI=1S/C13H15ClF3NO2/c1-2-3-4-11(12(19)20)18-10-6-5-8(14)7-9(10)13(15,16)17/h5-7,11,18H,2-4H2,1H3,(H,19,20). The number of carbonyl (C=O) groups is 1. The Bertz CT molecular complexity index is 477. The number of unbranched alkanes of at least 4 members (excludes halogenated alkanes) is 1. The predicted octanol–water partition coefficient (Wildman–Crippen LogP) is 4.41. The first-order valence-corrected chi connectivity index (χ1v) is 6.49. The molecule has 0 aliphatic carbocycles. The molecule has 0 spiro atoms. The summed E-state index contributed by atoms with van der Waals surface area (Å²) in [6, 6.07) is 2.16. The minimum atomic E-state index is -4.60. The number of hydrogen-bond donors (Lipinski definition) is 2. The summed E-state index contributed by atoms with van der Waals surface area (Å²) in [7, 11) is 0. The number of nitrogens with one attached hydrogen (secondary N) is 1. The van der Waals surface area contributed by atoms with E-state index in [2.05, 4.69) is 5.32 Å². The molecule has 0 heterocycles. The summed E-state index contributed by atoms with van der Waals surface area (Å²) >= 11 is 5.56. The average molecular weight is 310 g/mol. The van der Waals surface area contributed by atoms with Crippen LogP contribution in [0.25, 0.3) is 0 Å². The van der Waals surface area contributed by atoms with Crippen molar-refractivity contribution in [1.82, 2.24) is 0 Å². The van der Waals surface area contributed by atoms with Crippen molar-refractivity contribution in [1.29, 1.82) is 0 Å². The number of benzene rings is 1. The Morgan fingerprint density at radius 2 is 2.10 bits per heavy atom. The van der Waals surface area contributed by atoms with Crippen molar-refractivity contribution < 1.29 is 23.1 Å². The van der Waals surface area contributed by atoms with Crippen LogP contribution in [0.1, 0.15) is 31.7 Å². The molecular weight excluding hydrogens is 295 g/mol. The molecule has 1 aromatic carbocycles. The van der Waals surface area contributed by atoms with E-state index in [4.69, 9.17) is 16.7 Å². The highest BCUT2D eigenvalue weighted by atomic mass is 35.5. The molecule has 20 heavy (non-hydrogen) atoms. The number of aliphatic carboxylic acids is 1. The average Bonchev–Trinajstić information content (AvgIpc) is 2.34. The lowest BCUT2D eigenvalue weighted by atomic mass is 10.1. The lowest BCUT2D eigenvalue weighted by Gasteiger charge is -2.19. The van der Waals surface area contributed by atoms with Crippen LogP contribution in [0.5, 0.6) is 0 Å². The zero-order valence-electron chi connectivity index (χ0n) is 10.8. The third-order valence-electron chi connectivity index (χ3n) is 2.76. The van der Waals surface area contributed by atoms with Gasteiger partial charge in [-0.15, -0.1) is 0 Å². The molecule has 1 rings (SSSR count). The van der Waals surface area contributed by atoms with Gasteiger partial charge >= 0.3 is 12.1 Å². The highest BCUT2D eigenvalue weighted by Crippen LogP contribution is 2.36. The van der Waals surface area contributed by atoms with E-state index in [1.807, 2.05) is 6.92 Å². The summed E-state index contributed by atoms with van der Waals surface area (Å²) in [6.45, 7) is 1.88. The molecule has 0 aromatic heterocycles. The van der Waals surface area contributed by atoms with Crippen LogP contribution in [0.4, 0.5) is 18.9 Å². The Morgan fingerprint density at radius 3 is 2.60 bits per heavy atom. The molecule has 2 N–H and O–H groups in total. The second kappa shape index (κ2) is 6.83. The molecule has 0 aliphatic heterocycles. The van der Waals surface area contributed by atoms with E-state index in [9.17, 15) is 18.0 Å². The van der Waals surface area contributed by atoms with Crippen LogP contribution in [0, 0.1) is 0 Å². The molecule has 1 unspecified atom stereocenters. The predicted molar refractivity (Wildman–Crippen MR) is 71.0 cm³/mol. The summed E-state index contributed by atoms with van der Waals surface area (Å²) < 4.78 is 38.7. The number of alkyl halides is 3. The van der Waals surface area contributed by atoms with Gasteiger partial charge in [-0.1, -0.05) is 31.4 Å². The molecular formula is C13H15ClF3NO2. The second-order valence-electron chi connectivity index (χ2n) is 4.37. The van der Waals surface area contributed by atoms with Gasteiger partial charge < -0.3 is 10.4 Å². The number of hydrogen-bond acceptors (Lipinski definition) is 2. The van der Waals surface area contributed by atoms with Crippen molar-refractivity contribution in [3.63, 3.8) is 0 Å². The first-order chi connectivity index (χ1) is 9.25. The Kier molecular flexibility index (Phi) is 5.68. The third-order valence-corrected chi connectivity index (χ3v) is 3.00. The van der Waals surface area contributed by atoms with Gasteiger partial charge in [0.1, 0.15) is 6.04 Å². The van der Waals surface area contributed by atoms with Gasteiger partial charge in [0.15, 0.2) is 0 Å². The number of carboxylic acids is 1. The fourth-order valence-corrected chi connectivity index (χ4v) is 1.90. The van der Waals surface area contributed by atoms with Gasteiger partial charge in [-0.05, 0) is 24.6 Å². The van der Waals surface area contributed by atoms with E-state index in [0.29, 0.717) is 6.42 Å². The molecule has 3 nitrogen and oxygen atoms in total. The molecule has 0 aliphatic rings. The van der Waals surface area contributed by atoms with Crippen molar-refractivity contribution >= 4 is 23.3 Å². The topological polar surface area (TPSA) is 49.3 Å². The normalized spacial score (nSPS) is 13.1. The minimum Gasteiger partial charge on any atom is -0.480 e. The summed E-state index contributed by atoms with van der Waals surface area (Å²) in [6.07, 6.45) is -2.97. The smallest absolute Gasteiger partial charge is 0.418 e. The summed E-state index contributed by atoms with van der Waals surface area (Å²) in [5.74, 6) is -1.18. The fraction of sp³-hybridized carbons (Fsp3) is 0.462. The highest BCUT2D eigenvalue weighted by Gasteiger charge is 2.34. The second-order valence-corrected chi connectivity index (χ2v) is 4.80. The van der Waals surface area contributed by atoms with Gasteiger partial charge in [0, 0.05) is 10.7 Å². The minimum absolute atomic E-state index is 0.0525. The van der Waals surface area contributed by atoms with E-state index in [0.717, 1.165) is 18.6 Å². The van der Waals surface area contributed by atoms with E-state index >= 15 is 0 Å². The maximum absolute atomic E-state index is 12.9. The number of rotatable bonds is 6. The van der Waals surface area contributed by atoms with Crippen molar-refractivity contribution in [2.75, 3.05) is 5.32 Å². The number of anilines is 1. The van der Waals surface area contributed by atoms with Crippen LogP contribution >= 0.6 is 11.6 Å². The first-order valence-electron chi connectivity index (χ1n) is 6.11. The number of halogens is 4. The fourth-order valence-electron chi connectivity index (χ4n) is 1.73. The van der Waals surface area contributed by atoms with Crippen LogP contribution in [-0.2, 0) is 11.0 Å². The van der Waals surface area contributed by atoms with Crippen molar-refractivity contribution in [2.45, 2.75) is 38.4 Å². The first kappa shape index (κ1) is 16.6. The van der Waals surface area contributed by atoms with Crippen LogP contribution in [0.3, 0.4) is 0 Å². The van der Waals surface area contributed by atoms with Crippen LogP contribution in [-0.4, -0.2) is 17.1 Å². The lowest BCUT2D eigenvalue weighted by molar-refractivity contribution is -0.139. The van der Waals surface area contributed by atoms with Gasteiger partial charge in [0.25, 0.3) is 0 Å². The van der Waals surface area contributed by atoms with Crippen molar-refractivity contribution in [3.8, 4) is 0 Å². The summed E-state index contributed by atoms with van der Waals surface area (Å²) in [4.78, 5) is 11.1. The SMILES string of the molecule is CCCCC(Nc1ccc(Cl)cc1C(F)(F)F)C(=O)O. The molecule has 0 fully saturated rings. The van der Waals surface area contributed by atoms with Gasteiger partial charge in [-0.2, -0.15) is 13.2 Å². The van der Waals surface area contributed by atoms with Crippen molar-refractivity contribution in [3.05, 3.63) is 28.8 Å². The summed E-state index contributed by atoms with van der Waals surface area (Å²) in [5.41, 5.74) is -1.24. The Balaban J connectivity index is 3.03. The maximum atomic E-state index is 12.9. The largest absolute Gasteiger partial charge is 0.480 e. The Labute approximate surface area is 119 Å². The zero-order chi connectivity index (χ0) is 15.3. The lowest BCUT2D eigenvalue weighted by Crippen LogP contribution is -2.30. The molecule has 112 valence electrons. The van der Waals surface area contributed by atoms with E-state index in [1.165, 1.54) is 6.07 Å². The molecule has 0 amide bonds. The molecule has 0 bridgehead atoms. The Hall–Kier alpha value is -1.43. The van der Waals surface area contributed by atoms with Gasteiger partial charge in [-0.25, -0.2) is 4.79 Å². The molecule has 0 radical (unpaired) electrons. The Morgan fingerprint density at radius 1 is 1.45 bits per heavy atom. The van der Waals surface area contributed by atoms with Gasteiger partial charge in [0.2, 0.25) is 0 Å².